The van der Waals surface area contributed by atoms with Crippen molar-refractivity contribution in [2.75, 3.05) is 32.5 Å². The molecule has 0 saturated carbocycles. The Balaban J connectivity index is 1.86. The Morgan fingerprint density at radius 1 is 1.29 bits per heavy atom. The number of nitrogens with two attached hydrogens (primary N) is 1. The Morgan fingerprint density at radius 2 is 2.07 bits per heavy atom. The van der Waals surface area contributed by atoms with Crippen molar-refractivity contribution < 1.29 is 18.7 Å². The molecule has 2 aromatic rings. The van der Waals surface area contributed by atoms with E-state index in [4.69, 9.17) is 10.5 Å². The van der Waals surface area contributed by atoms with Gasteiger partial charge in [-0.2, -0.15) is 0 Å². The molecule has 0 bridgehead atoms. The van der Waals surface area contributed by atoms with Crippen LogP contribution < -0.4 is 5.73 Å². The van der Waals surface area contributed by atoms with Gasteiger partial charge in [0.2, 0.25) is 0 Å². The molecular formula is C20H23FN4O3. The second-order valence-corrected chi connectivity index (χ2v) is 6.67. The predicted octanol–water partition coefficient (Wildman–Crippen LogP) is 1.86. The molecule has 1 aliphatic rings. The minimum atomic E-state index is -0.630. The second kappa shape index (κ2) is 8.35. The van der Waals surface area contributed by atoms with E-state index in [1.165, 1.54) is 19.2 Å². The zero-order valence-corrected chi connectivity index (χ0v) is 15.8. The van der Waals surface area contributed by atoms with Crippen molar-refractivity contribution in [3.63, 3.8) is 0 Å². The summed E-state index contributed by atoms with van der Waals surface area (Å²) < 4.78 is 18.9. The molecular weight excluding hydrogens is 363 g/mol. The lowest BCUT2D eigenvalue weighted by molar-refractivity contribution is -0.146. The quantitative estimate of drug-likeness (QED) is 0.811. The lowest BCUT2D eigenvalue weighted by atomic mass is 10.0. The van der Waals surface area contributed by atoms with E-state index >= 15 is 0 Å². The van der Waals surface area contributed by atoms with E-state index < -0.39 is 18.0 Å². The van der Waals surface area contributed by atoms with Crippen LogP contribution in [0.5, 0.6) is 0 Å². The summed E-state index contributed by atoms with van der Waals surface area (Å²) in [5.74, 6) is -1.11. The molecule has 1 saturated heterocycles. The van der Waals surface area contributed by atoms with Gasteiger partial charge in [-0.25, -0.2) is 4.39 Å². The van der Waals surface area contributed by atoms with Crippen LogP contribution in [-0.2, 0) is 9.53 Å². The number of rotatable bonds is 4. The minimum absolute atomic E-state index is 0.00752. The first-order valence-electron chi connectivity index (χ1n) is 9.01. The molecule has 3 rings (SSSR count). The van der Waals surface area contributed by atoms with Crippen LogP contribution in [0.4, 0.5) is 10.1 Å². The fraction of sp³-hybridized carbons (Fsp3) is 0.350. The topological polar surface area (TPSA) is 88.8 Å². The van der Waals surface area contributed by atoms with Crippen LogP contribution in [0.1, 0.15) is 29.0 Å². The highest BCUT2D eigenvalue weighted by Crippen LogP contribution is 2.26. The van der Waals surface area contributed by atoms with E-state index in [1.54, 1.807) is 29.0 Å². The van der Waals surface area contributed by atoms with Gasteiger partial charge in [0.25, 0.3) is 11.8 Å². The molecule has 1 fully saturated rings. The molecule has 2 N–H and O–H groups in total. The molecule has 2 heterocycles. The van der Waals surface area contributed by atoms with Crippen molar-refractivity contribution in [1.29, 1.82) is 0 Å². The number of aromatic nitrogens is 1. The van der Waals surface area contributed by atoms with Crippen molar-refractivity contribution in [3.8, 4) is 0 Å². The van der Waals surface area contributed by atoms with Gasteiger partial charge in [0.05, 0.1) is 17.4 Å². The van der Waals surface area contributed by atoms with Crippen LogP contribution >= 0.6 is 0 Å². The fourth-order valence-electron chi connectivity index (χ4n) is 3.23. The Kier molecular flexibility index (Phi) is 5.89. The lowest BCUT2D eigenvalue weighted by Gasteiger charge is -2.42. The normalized spacial score (nSPS) is 18.0. The molecule has 1 aliphatic heterocycles. The zero-order valence-electron chi connectivity index (χ0n) is 15.8. The molecule has 148 valence electrons. The molecule has 7 nitrogen and oxygen atoms in total. The number of methoxy groups -OCH3 is 1. The summed E-state index contributed by atoms with van der Waals surface area (Å²) in [4.78, 5) is 33.3. The number of ether oxygens (including phenoxy) is 1. The number of pyridine rings is 1. The van der Waals surface area contributed by atoms with Crippen LogP contribution in [0.2, 0.25) is 0 Å². The van der Waals surface area contributed by atoms with Gasteiger partial charge in [0.15, 0.2) is 0 Å². The molecule has 0 spiro atoms. The summed E-state index contributed by atoms with van der Waals surface area (Å²) in [7, 11) is 1.48. The van der Waals surface area contributed by atoms with Gasteiger partial charge in [0, 0.05) is 38.5 Å². The molecule has 1 aromatic heterocycles. The van der Waals surface area contributed by atoms with Gasteiger partial charge in [-0.1, -0.05) is 6.07 Å². The molecule has 8 heteroatoms. The molecule has 1 aromatic carbocycles. The maximum atomic E-state index is 13.8. The number of nitrogens with zero attached hydrogens (tertiary/aromatic N) is 3. The predicted molar refractivity (Wildman–Crippen MR) is 102 cm³/mol. The summed E-state index contributed by atoms with van der Waals surface area (Å²) in [5, 5.41) is 0. The highest BCUT2D eigenvalue weighted by molar-refractivity contribution is 5.95. The summed E-state index contributed by atoms with van der Waals surface area (Å²) in [5.41, 5.74) is 6.39. The van der Waals surface area contributed by atoms with Gasteiger partial charge in [0.1, 0.15) is 11.9 Å². The molecule has 0 aliphatic carbocycles. The summed E-state index contributed by atoms with van der Waals surface area (Å²) in [6.07, 6.45) is 1.05. The molecule has 2 atom stereocenters. The Morgan fingerprint density at radius 3 is 2.71 bits per heavy atom. The third-order valence-electron chi connectivity index (χ3n) is 4.93. The fourth-order valence-corrected chi connectivity index (χ4v) is 3.23. The standard InChI is InChI=1S/C20H23FN4O3/c1-13(28-2)19(26)25-10-9-24(12-18(25)17-5-3-4-8-23-17)20(27)14-6-7-16(22)15(21)11-14/h3-8,11,13,18H,9-10,12,22H2,1-2H3/t13-,18?/m1/s1. The van der Waals surface area contributed by atoms with Gasteiger partial charge in [-0.05, 0) is 37.3 Å². The molecule has 28 heavy (non-hydrogen) atoms. The molecule has 2 amide bonds. The number of hydrogen-bond donors (Lipinski definition) is 1. The number of piperazine rings is 1. The van der Waals surface area contributed by atoms with Crippen LogP contribution in [0, 0.1) is 5.82 Å². The Bertz CT molecular complexity index is 862. The van der Waals surface area contributed by atoms with E-state index in [-0.39, 0.29) is 29.6 Å². The number of halogens is 1. The Hall–Kier alpha value is -3.00. The SMILES string of the molecule is CO[C@H](C)C(=O)N1CCN(C(=O)c2ccc(N)c(F)c2)CC1c1ccccn1. The van der Waals surface area contributed by atoms with Crippen molar-refractivity contribution in [2.24, 2.45) is 0 Å². The van der Waals surface area contributed by atoms with Crippen molar-refractivity contribution in [1.82, 2.24) is 14.8 Å². The van der Waals surface area contributed by atoms with Crippen LogP contribution in [0.3, 0.4) is 0 Å². The average molecular weight is 386 g/mol. The smallest absolute Gasteiger partial charge is 0.254 e. The zero-order chi connectivity index (χ0) is 20.3. The van der Waals surface area contributed by atoms with Gasteiger partial charge < -0.3 is 20.3 Å². The van der Waals surface area contributed by atoms with Gasteiger partial charge in [-0.3, -0.25) is 14.6 Å². The first-order chi connectivity index (χ1) is 13.4. The number of anilines is 1. The first kappa shape index (κ1) is 19.8. The van der Waals surface area contributed by atoms with Crippen LogP contribution in [0.15, 0.2) is 42.6 Å². The average Bonchev–Trinajstić information content (AvgIpc) is 2.74. The number of hydrogen-bond acceptors (Lipinski definition) is 5. The third-order valence-corrected chi connectivity index (χ3v) is 4.93. The van der Waals surface area contributed by atoms with Crippen LogP contribution in [0.25, 0.3) is 0 Å². The monoisotopic (exact) mass is 386 g/mol. The van der Waals surface area contributed by atoms with Crippen molar-refractivity contribution in [2.45, 2.75) is 19.1 Å². The largest absolute Gasteiger partial charge is 0.396 e. The lowest BCUT2D eigenvalue weighted by Crippen LogP contribution is -2.54. The van der Waals surface area contributed by atoms with Crippen LogP contribution in [-0.4, -0.2) is 59.4 Å². The summed E-state index contributed by atoms with van der Waals surface area (Å²) in [6.45, 7) is 2.60. The maximum absolute atomic E-state index is 13.8. The highest BCUT2D eigenvalue weighted by Gasteiger charge is 2.36. The maximum Gasteiger partial charge on any atom is 0.254 e. The van der Waals surface area contributed by atoms with Gasteiger partial charge >= 0.3 is 0 Å². The van der Waals surface area contributed by atoms with E-state index in [9.17, 15) is 14.0 Å². The number of carbonyl (C=O) groups is 2. The third kappa shape index (κ3) is 3.96. The summed E-state index contributed by atoms with van der Waals surface area (Å²) in [6, 6.07) is 9.04. The van der Waals surface area contributed by atoms with E-state index in [2.05, 4.69) is 4.98 Å². The Labute approximate surface area is 162 Å². The second-order valence-electron chi connectivity index (χ2n) is 6.67. The number of amides is 2. The van der Waals surface area contributed by atoms with E-state index in [1.807, 2.05) is 12.1 Å². The number of nitrogen functional groups attached to an aromatic ring is 1. The van der Waals surface area contributed by atoms with Gasteiger partial charge in [-0.15, -0.1) is 0 Å². The van der Waals surface area contributed by atoms with Crippen molar-refractivity contribution >= 4 is 17.5 Å². The van der Waals surface area contributed by atoms with Crippen molar-refractivity contribution in [3.05, 3.63) is 59.7 Å². The summed E-state index contributed by atoms with van der Waals surface area (Å²) >= 11 is 0. The molecule has 1 unspecified atom stereocenters. The molecule has 0 radical (unpaired) electrons. The van der Waals surface area contributed by atoms with E-state index in [0.717, 1.165) is 6.07 Å². The highest BCUT2D eigenvalue weighted by atomic mass is 19.1. The van der Waals surface area contributed by atoms with E-state index in [0.29, 0.717) is 18.8 Å². The number of carbonyl (C=O) groups excluding carboxylic acids is 2. The number of benzene rings is 1. The minimum Gasteiger partial charge on any atom is -0.396 e. The first-order valence-corrected chi connectivity index (χ1v) is 9.01.